The summed E-state index contributed by atoms with van der Waals surface area (Å²) in [5.74, 6) is 1.24. The molecule has 4 aromatic carbocycles. The van der Waals surface area contributed by atoms with E-state index in [-0.39, 0.29) is 17.7 Å². The third kappa shape index (κ3) is 5.21. The smallest absolute Gasteiger partial charge is 0.323 e. The van der Waals surface area contributed by atoms with Crippen LogP contribution in [-0.4, -0.2) is 33.3 Å². The fourth-order valence-corrected chi connectivity index (χ4v) is 5.80. The number of hydrogen-bond donors (Lipinski definition) is 3. The van der Waals surface area contributed by atoms with Gasteiger partial charge in [-0.2, -0.15) is 0 Å². The van der Waals surface area contributed by atoms with Gasteiger partial charge in [0.05, 0.1) is 12.3 Å². The van der Waals surface area contributed by atoms with Crippen molar-refractivity contribution in [2.75, 3.05) is 17.2 Å². The number of anilines is 2. The maximum atomic E-state index is 14.7. The molecule has 1 unspecified atom stereocenters. The second-order valence-corrected chi connectivity index (χ2v) is 10.8. The number of benzene rings is 4. The molecule has 1 aromatic heterocycles. The van der Waals surface area contributed by atoms with Gasteiger partial charge in [0, 0.05) is 22.7 Å². The lowest BCUT2D eigenvalue weighted by atomic mass is 9.85. The summed E-state index contributed by atoms with van der Waals surface area (Å²) < 4.78 is 21.0. The summed E-state index contributed by atoms with van der Waals surface area (Å²) in [5.41, 5.74) is 6.40. The highest BCUT2D eigenvalue weighted by molar-refractivity contribution is 6.01. The number of rotatable bonds is 6. The van der Waals surface area contributed by atoms with E-state index >= 15 is 0 Å². The number of nitrogens with one attached hydrogen (secondary N) is 3. The van der Waals surface area contributed by atoms with Gasteiger partial charge in [0.1, 0.15) is 11.6 Å². The molecule has 8 nitrogen and oxygen atoms in total. The zero-order valence-corrected chi connectivity index (χ0v) is 22.8. The SMILES string of the molecule is O=C(Nc1ccc(C2CC2)c(F)c1)Nc1cc(-c2ccccc2-c2nnn[nH]2)cc2c1OCCCC2c1ccccc1. The van der Waals surface area contributed by atoms with Crippen LogP contribution in [0.4, 0.5) is 20.6 Å². The Kier molecular flexibility index (Phi) is 6.83. The highest BCUT2D eigenvalue weighted by Crippen LogP contribution is 2.46. The Morgan fingerprint density at radius 3 is 2.45 bits per heavy atom. The van der Waals surface area contributed by atoms with Crippen LogP contribution < -0.4 is 15.4 Å². The summed E-state index contributed by atoms with van der Waals surface area (Å²) in [6, 6.07) is 26.6. The lowest BCUT2D eigenvalue weighted by Crippen LogP contribution is -2.20. The Balaban J connectivity index is 1.30. The number of carbonyl (C=O) groups is 1. The molecule has 0 radical (unpaired) electrons. The van der Waals surface area contributed by atoms with Gasteiger partial charge in [0.25, 0.3) is 0 Å². The first-order valence-electron chi connectivity index (χ1n) is 14.2. The van der Waals surface area contributed by atoms with Crippen LogP contribution in [-0.2, 0) is 0 Å². The Bertz CT molecular complexity index is 1740. The van der Waals surface area contributed by atoms with Crippen LogP contribution in [0.3, 0.4) is 0 Å². The molecule has 2 aliphatic rings. The average Bonchev–Trinajstić information content (AvgIpc) is 3.75. The minimum Gasteiger partial charge on any atom is -0.491 e. The Hall–Kier alpha value is -5.05. The van der Waals surface area contributed by atoms with Gasteiger partial charge in [-0.05, 0) is 88.5 Å². The van der Waals surface area contributed by atoms with Gasteiger partial charge in [-0.25, -0.2) is 14.3 Å². The molecular formula is C33H29FN6O2. The van der Waals surface area contributed by atoms with Crippen LogP contribution in [0.15, 0.2) is 84.9 Å². The van der Waals surface area contributed by atoms with Crippen molar-refractivity contribution in [1.82, 2.24) is 20.6 Å². The standard InChI is InChI=1S/C33H29FN6O2/c34-29-19-23(14-15-26(29)21-12-13-21)35-33(41)36-30-18-22(25-9-4-5-10-27(25)32-37-39-40-38-32)17-28-24(11-6-16-42-31(28)30)20-7-2-1-3-8-20/h1-5,7-10,14-15,17-19,21,24H,6,11-13,16H2,(H2,35,36,41)(H,37,38,39,40). The van der Waals surface area contributed by atoms with Crippen molar-refractivity contribution >= 4 is 17.4 Å². The van der Waals surface area contributed by atoms with Gasteiger partial charge < -0.3 is 15.4 Å². The number of urea groups is 1. The van der Waals surface area contributed by atoms with Gasteiger partial charge in [-0.3, -0.25) is 0 Å². The Labute approximate surface area is 242 Å². The summed E-state index contributed by atoms with van der Waals surface area (Å²) in [6.07, 6.45) is 3.77. The number of H-pyrrole nitrogens is 1. The first-order valence-corrected chi connectivity index (χ1v) is 14.2. The first-order chi connectivity index (χ1) is 20.6. The monoisotopic (exact) mass is 560 g/mol. The second kappa shape index (κ2) is 11.1. The zero-order chi connectivity index (χ0) is 28.5. The summed E-state index contributed by atoms with van der Waals surface area (Å²) in [6.45, 7) is 0.528. The minimum absolute atomic E-state index is 0.0652. The Morgan fingerprint density at radius 2 is 1.69 bits per heavy atom. The number of hydrogen-bond acceptors (Lipinski definition) is 5. The van der Waals surface area contributed by atoms with Crippen molar-refractivity contribution in [2.24, 2.45) is 0 Å². The molecule has 3 N–H and O–H groups in total. The molecule has 1 atom stereocenters. The molecule has 42 heavy (non-hydrogen) atoms. The van der Waals surface area contributed by atoms with E-state index in [0.717, 1.165) is 47.9 Å². The maximum absolute atomic E-state index is 14.7. The number of nitrogens with zero attached hydrogens (tertiary/aromatic N) is 3. The molecule has 0 bridgehead atoms. The lowest BCUT2D eigenvalue weighted by Gasteiger charge is -2.22. The van der Waals surface area contributed by atoms with E-state index in [9.17, 15) is 9.18 Å². The van der Waals surface area contributed by atoms with Crippen molar-refractivity contribution in [1.29, 1.82) is 0 Å². The highest BCUT2D eigenvalue weighted by Gasteiger charge is 2.28. The van der Waals surface area contributed by atoms with Crippen molar-refractivity contribution < 1.29 is 13.9 Å². The largest absolute Gasteiger partial charge is 0.491 e. The quantitative estimate of drug-likeness (QED) is 0.199. The molecule has 1 fully saturated rings. The van der Waals surface area contributed by atoms with Gasteiger partial charge in [-0.15, -0.1) is 5.10 Å². The summed E-state index contributed by atoms with van der Waals surface area (Å²) in [5, 5.41) is 20.3. The van der Waals surface area contributed by atoms with Crippen LogP contribution >= 0.6 is 0 Å². The zero-order valence-electron chi connectivity index (χ0n) is 22.8. The lowest BCUT2D eigenvalue weighted by molar-refractivity contribution is 0.262. The van der Waals surface area contributed by atoms with Crippen molar-refractivity contribution in [3.05, 3.63) is 107 Å². The predicted molar refractivity (Wildman–Crippen MR) is 159 cm³/mol. The summed E-state index contributed by atoms with van der Waals surface area (Å²) in [7, 11) is 0. The topological polar surface area (TPSA) is 105 Å². The van der Waals surface area contributed by atoms with E-state index in [1.54, 1.807) is 12.1 Å². The number of ether oxygens (including phenoxy) is 1. The predicted octanol–water partition coefficient (Wildman–Crippen LogP) is 7.50. The average molecular weight is 561 g/mol. The maximum Gasteiger partial charge on any atom is 0.323 e. The van der Waals surface area contributed by atoms with E-state index in [2.05, 4.69) is 49.5 Å². The molecule has 1 saturated carbocycles. The number of halogens is 1. The van der Waals surface area contributed by atoms with Crippen molar-refractivity contribution in [3.63, 3.8) is 0 Å². The molecule has 2 heterocycles. The molecular weight excluding hydrogens is 531 g/mol. The molecule has 1 aliphatic carbocycles. The number of aromatic amines is 1. The van der Waals surface area contributed by atoms with Crippen molar-refractivity contribution in [3.8, 4) is 28.3 Å². The molecule has 210 valence electrons. The number of aromatic nitrogens is 4. The normalized spacial score (nSPS) is 16.2. The van der Waals surface area contributed by atoms with Gasteiger partial charge >= 0.3 is 6.03 Å². The van der Waals surface area contributed by atoms with Gasteiger partial charge in [0.15, 0.2) is 5.82 Å². The third-order valence-corrected chi connectivity index (χ3v) is 7.94. The van der Waals surface area contributed by atoms with Crippen LogP contribution in [0.5, 0.6) is 5.75 Å². The molecule has 5 aromatic rings. The number of fused-ring (bicyclic) bond motifs is 1. The summed E-state index contributed by atoms with van der Waals surface area (Å²) >= 11 is 0. The van der Waals surface area contributed by atoms with Crippen LogP contribution in [0.2, 0.25) is 0 Å². The van der Waals surface area contributed by atoms with E-state index in [4.69, 9.17) is 4.74 Å². The molecule has 1 aliphatic heterocycles. The number of tetrazole rings is 1. The van der Waals surface area contributed by atoms with E-state index < -0.39 is 6.03 Å². The summed E-state index contributed by atoms with van der Waals surface area (Å²) in [4.78, 5) is 13.3. The number of carbonyl (C=O) groups excluding carboxylic acids is 1. The molecule has 7 rings (SSSR count). The van der Waals surface area contributed by atoms with Crippen LogP contribution in [0.25, 0.3) is 22.5 Å². The van der Waals surface area contributed by atoms with Gasteiger partial charge in [-0.1, -0.05) is 60.7 Å². The molecule has 2 amide bonds. The first kappa shape index (κ1) is 25.9. The van der Waals surface area contributed by atoms with E-state index in [1.807, 2.05) is 48.5 Å². The van der Waals surface area contributed by atoms with Gasteiger partial charge in [0.2, 0.25) is 0 Å². The molecule has 0 saturated heterocycles. The fraction of sp³-hybridized carbons (Fsp3) is 0.212. The fourth-order valence-electron chi connectivity index (χ4n) is 5.80. The molecule has 9 heteroatoms. The third-order valence-electron chi connectivity index (χ3n) is 7.94. The Morgan fingerprint density at radius 1 is 0.881 bits per heavy atom. The molecule has 0 spiro atoms. The minimum atomic E-state index is -0.482. The van der Waals surface area contributed by atoms with E-state index in [1.165, 1.54) is 11.6 Å². The van der Waals surface area contributed by atoms with E-state index in [0.29, 0.717) is 35.1 Å². The van der Waals surface area contributed by atoms with Crippen LogP contribution in [0, 0.1) is 5.82 Å². The van der Waals surface area contributed by atoms with Crippen LogP contribution in [0.1, 0.15) is 54.2 Å². The highest BCUT2D eigenvalue weighted by atomic mass is 19.1. The second-order valence-electron chi connectivity index (χ2n) is 10.8. The number of amides is 2. The van der Waals surface area contributed by atoms with Crippen molar-refractivity contribution in [2.45, 2.75) is 37.5 Å².